The third-order valence-corrected chi connectivity index (χ3v) is 2.83. The first kappa shape index (κ1) is 11.8. The molecule has 0 fully saturated rings. The van der Waals surface area contributed by atoms with Crippen molar-refractivity contribution in [3.05, 3.63) is 29.3 Å². The first-order valence-corrected chi connectivity index (χ1v) is 5.78. The predicted molar refractivity (Wildman–Crippen MR) is 66.0 cm³/mol. The maximum atomic E-state index is 11.8. The number of ketones is 1. The average molecular weight is 232 g/mol. The summed E-state index contributed by atoms with van der Waals surface area (Å²) in [5, 5.41) is 2.79. The van der Waals surface area contributed by atoms with Crippen molar-refractivity contribution in [1.29, 1.82) is 0 Å². The number of nitrogens with two attached hydrogens (primary N) is 1. The van der Waals surface area contributed by atoms with Gasteiger partial charge in [0.15, 0.2) is 5.78 Å². The number of benzene rings is 1. The van der Waals surface area contributed by atoms with Gasteiger partial charge in [0.05, 0.1) is 0 Å². The second kappa shape index (κ2) is 4.67. The molecule has 0 aliphatic carbocycles. The van der Waals surface area contributed by atoms with Gasteiger partial charge in [-0.1, -0.05) is 0 Å². The van der Waals surface area contributed by atoms with Crippen LogP contribution in [0.1, 0.15) is 35.7 Å². The summed E-state index contributed by atoms with van der Waals surface area (Å²) in [7, 11) is 0. The summed E-state index contributed by atoms with van der Waals surface area (Å²) in [4.78, 5) is 23.0. The van der Waals surface area contributed by atoms with Crippen molar-refractivity contribution in [2.75, 3.05) is 5.32 Å². The fraction of sp³-hybridized carbons (Fsp3) is 0.385. The SMILES string of the molecule is CC(N)CC(=O)c1ccc2c(c1)CCC(=O)N2. The van der Waals surface area contributed by atoms with E-state index in [4.69, 9.17) is 5.73 Å². The Bertz CT molecular complexity index is 466. The fourth-order valence-electron chi connectivity index (χ4n) is 1.97. The van der Waals surface area contributed by atoms with Crippen LogP contribution < -0.4 is 11.1 Å². The molecule has 1 aliphatic rings. The number of fused-ring (bicyclic) bond motifs is 1. The molecule has 0 spiro atoms. The second-order valence-corrected chi connectivity index (χ2v) is 4.52. The number of carbonyl (C=O) groups is 2. The Morgan fingerprint density at radius 3 is 2.94 bits per heavy atom. The monoisotopic (exact) mass is 232 g/mol. The average Bonchev–Trinajstić information content (AvgIpc) is 2.27. The lowest BCUT2D eigenvalue weighted by Crippen LogP contribution is -2.21. The number of aryl methyl sites for hydroxylation is 1. The summed E-state index contributed by atoms with van der Waals surface area (Å²) >= 11 is 0. The van der Waals surface area contributed by atoms with Gasteiger partial charge in [-0.05, 0) is 37.1 Å². The van der Waals surface area contributed by atoms with Gasteiger partial charge in [-0.15, -0.1) is 0 Å². The van der Waals surface area contributed by atoms with E-state index < -0.39 is 0 Å². The zero-order valence-corrected chi connectivity index (χ0v) is 9.82. The van der Waals surface area contributed by atoms with Crippen molar-refractivity contribution in [3.63, 3.8) is 0 Å². The smallest absolute Gasteiger partial charge is 0.224 e. The Hall–Kier alpha value is -1.68. The van der Waals surface area contributed by atoms with E-state index >= 15 is 0 Å². The molecular formula is C13H16N2O2. The van der Waals surface area contributed by atoms with E-state index in [2.05, 4.69) is 5.32 Å². The highest BCUT2D eigenvalue weighted by Crippen LogP contribution is 2.24. The number of anilines is 1. The van der Waals surface area contributed by atoms with Crippen LogP contribution in [0.2, 0.25) is 0 Å². The van der Waals surface area contributed by atoms with Gasteiger partial charge < -0.3 is 11.1 Å². The van der Waals surface area contributed by atoms with E-state index in [1.54, 1.807) is 12.1 Å². The number of amides is 1. The molecule has 17 heavy (non-hydrogen) atoms. The number of Topliss-reactive ketones (excluding diaryl/α,β-unsaturated/α-hetero) is 1. The highest BCUT2D eigenvalue weighted by Gasteiger charge is 2.16. The van der Waals surface area contributed by atoms with Crippen molar-refractivity contribution >= 4 is 17.4 Å². The van der Waals surface area contributed by atoms with Crippen molar-refractivity contribution in [1.82, 2.24) is 0 Å². The summed E-state index contributed by atoms with van der Waals surface area (Å²) in [6.45, 7) is 1.82. The van der Waals surface area contributed by atoms with Crippen molar-refractivity contribution < 1.29 is 9.59 Å². The molecule has 4 heteroatoms. The molecule has 1 atom stereocenters. The largest absolute Gasteiger partial charge is 0.328 e. The Labute approximate surface area is 100 Å². The molecule has 1 aromatic rings. The maximum Gasteiger partial charge on any atom is 0.224 e. The van der Waals surface area contributed by atoms with E-state index in [0.29, 0.717) is 24.8 Å². The normalized spacial score (nSPS) is 16.0. The van der Waals surface area contributed by atoms with Gasteiger partial charge in [-0.25, -0.2) is 0 Å². The van der Waals surface area contributed by atoms with E-state index in [0.717, 1.165) is 11.3 Å². The van der Waals surface area contributed by atoms with Crippen LogP contribution in [0, 0.1) is 0 Å². The molecule has 0 bridgehead atoms. The summed E-state index contributed by atoms with van der Waals surface area (Å²) in [5.41, 5.74) is 8.13. The highest BCUT2D eigenvalue weighted by molar-refractivity contribution is 5.99. The van der Waals surface area contributed by atoms with Gasteiger partial charge in [-0.2, -0.15) is 0 Å². The molecule has 1 aliphatic heterocycles. The number of hydrogen-bond acceptors (Lipinski definition) is 3. The van der Waals surface area contributed by atoms with Crippen molar-refractivity contribution in [3.8, 4) is 0 Å². The lowest BCUT2D eigenvalue weighted by atomic mass is 9.97. The Balaban J connectivity index is 2.22. The van der Waals surface area contributed by atoms with Crippen LogP contribution in [-0.2, 0) is 11.2 Å². The van der Waals surface area contributed by atoms with Crippen LogP contribution in [0.3, 0.4) is 0 Å². The third kappa shape index (κ3) is 2.71. The van der Waals surface area contributed by atoms with Gasteiger partial charge in [0, 0.05) is 30.1 Å². The summed E-state index contributed by atoms with van der Waals surface area (Å²) in [6, 6.07) is 5.27. The van der Waals surface area contributed by atoms with Crippen LogP contribution >= 0.6 is 0 Å². The molecule has 2 rings (SSSR count). The number of rotatable bonds is 3. The molecule has 4 nitrogen and oxygen atoms in total. The van der Waals surface area contributed by atoms with E-state index in [-0.39, 0.29) is 17.7 Å². The molecule has 1 aromatic carbocycles. The second-order valence-electron chi connectivity index (χ2n) is 4.52. The number of carbonyl (C=O) groups excluding carboxylic acids is 2. The van der Waals surface area contributed by atoms with Crippen molar-refractivity contribution in [2.24, 2.45) is 5.73 Å². The molecule has 1 unspecified atom stereocenters. The van der Waals surface area contributed by atoms with E-state index in [1.165, 1.54) is 0 Å². The van der Waals surface area contributed by atoms with Gasteiger partial charge >= 0.3 is 0 Å². The zero-order valence-electron chi connectivity index (χ0n) is 9.82. The van der Waals surface area contributed by atoms with Gasteiger partial charge in [0.1, 0.15) is 0 Å². The van der Waals surface area contributed by atoms with Crippen LogP contribution in [0.15, 0.2) is 18.2 Å². The van der Waals surface area contributed by atoms with Gasteiger partial charge in [0.2, 0.25) is 5.91 Å². The zero-order chi connectivity index (χ0) is 12.4. The topological polar surface area (TPSA) is 72.2 Å². The number of nitrogens with one attached hydrogen (secondary N) is 1. The molecule has 0 saturated carbocycles. The summed E-state index contributed by atoms with van der Waals surface area (Å²) in [6.07, 6.45) is 1.53. The molecule has 3 N–H and O–H groups in total. The molecule has 0 saturated heterocycles. The first-order chi connectivity index (χ1) is 8.06. The Morgan fingerprint density at radius 1 is 1.47 bits per heavy atom. The molecule has 1 heterocycles. The minimum absolute atomic E-state index is 0.0344. The van der Waals surface area contributed by atoms with Crippen molar-refractivity contribution in [2.45, 2.75) is 32.2 Å². The first-order valence-electron chi connectivity index (χ1n) is 5.78. The molecule has 0 radical (unpaired) electrons. The molecule has 90 valence electrons. The summed E-state index contributed by atoms with van der Waals surface area (Å²) < 4.78 is 0. The minimum atomic E-state index is -0.127. The molecular weight excluding hydrogens is 216 g/mol. The lowest BCUT2D eigenvalue weighted by molar-refractivity contribution is -0.116. The Morgan fingerprint density at radius 2 is 2.24 bits per heavy atom. The quantitative estimate of drug-likeness (QED) is 0.775. The standard InChI is InChI=1S/C13H16N2O2/c1-8(14)6-12(16)10-2-4-11-9(7-10)3-5-13(17)15-11/h2,4,7-8H,3,5-6,14H2,1H3,(H,15,17). The minimum Gasteiger partial charge on any atom is -0.328 e. The van der Waals surface area contributed by atoms with Gasteiger partial charge in [-0.3, -0.25) is 9.59 Å². The van der Waals surface area contributed by atoms with Crippen LogP contribution in [0.25, 0.3) is 0 Å². The van der Waals surface area contributed by atoms with E-state index in [9.17, 15) is 9.59 Å². The Kier molecular flexibility index (Phi) is 3.24. The fourth-order valence-corrected chi connectivity index (χ4v) is 1.97. The lowest BCUT2D eigenvalue weighted by Gasteiger charge is -2.17. The third-order valence-electron chi connectivity index (χ3n) is 2.83. The predicted octanol–water partition coefficient (Wildman–Crippen LogP) is 1.49. The highest BCUT2D eigenvalue weighted by atomic mass is 16.1. The summed E-state index contributed by atoms with van der Waals surface area (Å²) in [5.74, 6) is 0.0897. The van der Waals surface area contributed by atoms with Crippen LogP contribution in [-0.4, -0.2) is 17.7 Å². The van der Waals surface area contributed by atoms with E-state index in [1.807, 2.05) is 13.0 Å². The van der Waals surface area contributed by atoms with Crippen LogP contribution in [0.4, 0.5) is 5.69 Å². The van der Waals surface area contributed by atoms with Gasteiger partial charge in [0.25, 0.3) is 0 Å². The molecule has 1 amide bonds. The maximum absolute atomic E-state index is 11.8. The van der Waals surface area contributed by atoms with Crippen LogP contribution in [0.5, 0.6) is 0 Å². The number of hydrogen-bond donors (Lipinski definition) is 2. The molecule has 0 aromatic heterocycles.